The Bertz CT molecular complexity index is 1640. The number of aromatic nitrogens is 4. The lowest BCUT2D eigenvalue weighted by Gasteiger charge is -2.13. The predicted octanol–water partition coefficient (Wildman–Crippen LogP) is 2.86. The van der Waals surface area contributed by atoms with Crippen LogP contribution in [0.1, 0.15) is 49.2 Å². The van der Waals surface area contributed by atoms with Crippen molar-refractivity contribution in [3.63, 3.8) is 0 Å². The van der Waals surface area contributed by atoms with Crippen molar-refractivity contribution in [3.05, 3.63) is 73.9 Å². The fraction of sp³-hybridized carbons (Fsp3) is 0.370. The van der Waals surface area contributed by atoms with Crippen LogP contribution in [-0.2, 0) is 17.9 Å². The molecule has 0 aliphatic heterocycles. The highest BCUT2D eigenvalue weighted by Gasteiger charge is 2.21. The summed E-state index contributed by atoms with van der Waals surface area (Å²) in [5, 5.41) is 10.3. The average Bonchev–Trinajstić information content (AvgIpc) is 3.13. The van der Waals surface area contributed by atoms with Gasteiger partial charge in [-0.2, -0.15) is 0 Å². The second-order valence-corrected chi connectivity index (χ2v) is 10.1. The Kier molecular flexibility index (Phi) is 7.02. The van der Waals surface area contributed by atoms with Crippen molar-refractivity contribution in [2.75, 3.05) is 5.32 Å². The van der Waals surface area contributed by atoms with E-state index >= 15 is 0 Å². The number of anilines is 1. The van der Waals surface area contributed by atoms with Gasteiger partial charge in [0.2, 0.25) is 11.7 Å². The van der Waals surface area contributed by atoms with E-state index in [0.717, 1.165) is 15.8 Å². The molecule has 194 valence electrons. The number of nitrogens with zero attached hydrogens (tertiary/aromatic N) is 4. The summed E-state index contributed by atoms with van der Waals surface area (Å²) in [4.78, 5) is 52.4. The summed E-state index contributed by atoms with van der Waals surface area (Å²) in [5.41, 5.74) is 2.32. The van der Waals surface area contributed by atoms with E-state index in [4.69, 9.17) is 0 Å². The average molecular weight is 505 g/mol. The van der Waals surface area contributed by atoms with E-state index in [1.807, 2.05) is 59.7 Å². The minimum Gasteiger partial charge on any atom is -0.350 e. The third-order valence-corrected chi connectivity index (χ3v) is 5.96. The summed E-state index contributed by atoms with van der Waals surface area (Å²) in [5.74, 6) is -0.513. The Morgan fingerprint density at radius 3 is 2.38 bits per heavy atom. The Hall–Kier alpha value is -4.21. The van der Waals surface area contributed by atoms with Gasteiger partial charge in [0.1, 0.15) is 6.54 Å². The Balaban J connectivity index is 1.84. The molecule has 0 spiro atoms. The van der Waals surface area contributed by atoms with Gasteiger partial charge >= 0.3 is 5.69 Å². The highest BCUT2D eigenvalue weighted by atomic mass is 16.2. The van der Waals surface area contributed by atoms with Crippen LogP contribution in [-0.4, -0.2) is 36.6 Å². The zero-order valence-corrected chi connectivity index (χ0v) is 22.0. The van der Waals surface area contributed by atoms with Crippen LogP contribution in [0.2, 0.25) is 0 Å². The van der Waals surface area contributed by atoms with E-state index in [0.29, 0.717) is 17.8 Å². The van der Waals surface area contributed by atoms with E-state index in [1.54, 1.807) is 12.1 Å². The number of fused-ring (bicyclic) bond motifs is 3. The number of amides is 2. The third-order valence-electron chi connectivity index (χ3n) is 5.96. The molecule has 2 aromatic heterocycles. The van der Waals surface area contributed by atoms with Crippen LogP contribution in [0.3, 0.4) is 0 Å². The first-order valence-corrected chi connectivity index (χ1v) is 12.3. The summed E-state index contributed by atoms with van der Waals surface area (Å²) in [6, 6.07) is 10.2. The SMILES string of the molecule is Cc1ccc(NC(=O)Cn2nc3n(CC(C)C)c(=O)c4ccc(C(=O)NC(C)C)cc4n3c2=O)c(C)c1. The lowest BCUT2D eigenvalue weighted by Crippen LogP contribution is -2.31. The molecule has 2 N–H and O–H groups in total. The molecule has 2 aromatic carbocycles. The molecule has 0 radical (unpaired) electrons. The zero-order chi connectivity index (χ0) is 27.0. The highest BCUT2D eigenvalue weighted by Crippen LogP contribution is 2.17. The summed E-state index contributed by atoms with van der Waals surface area (Å²) in [6.07, 6.45) is 0. The van der Waals surface area contributed by atoms with E-state index in [9.17, 15) is 19.2 Å². The molecule has 0 saturated carbocycles. The zero-order valence-electron chi connectivity index (χ0n) is 22.0. The fourth-order valence-corrected chi connectivity index (χ4v) is 4.31. The van der Waals surface area contributed by atoms with Gasteiger partial charge in [0.05, 0.1) is 10.9 Å². The molecule has 2 amide bonds. The number of carbonyl (C=O) groups is 2. The van der Waals surface area contributed by atoms with Crippen LogP contribution in [0.5, 0.6) is 0 Å². The van der Waals surface area contributed by atoms with Crippen molar-refractivity contribution >= 4 is 34.2 Å². The van der Waals surface area contributed by atoms with E-state index < -0.39 is 11.6 Å². The number of aryl methyl sites for hydroxylation is 2. The van der Waals surface area contributed by atoms with E-state index in [1.165, 1.54) is 15.0 Å². The van der Waals surface area contributed by atoms with Crippen molar-refractivity contribution < 1.29 is 9.59 Å². The van der Waals surface area contributed by atoms with Crippen LogP contribution in [0, 0.1) is 19.8 Å². The smallest absolute Gasteiger partial charge is 0.350 e. The van der Waals surface area contributed by atoms with Crippen LogP contribution in [0.4, 0.5) is 5.69 Å². The molecule has 0 atom stereocenters. The van der Waals surface area contributed by atoms with Crippen LogP contribution >= 0.6 is 0 Å². The van der Waals surface area contributed by atoms with Gasteiger partial charge in [0.15, 0.2) is 0 Å². The Morgan fingerprint density at radius 1 is 1.00 bits per heavy atom. The van der Waals surface area contributed by atoms with Crippen LogP contribution in [0.25, 0.3) is 16.7 Å². The van der Waals surface area contributed by atoms with Gasteiger partial charge in [-0.25, -0.2) is 13.9 Å². The van der Waals surface area contributed by atoms with Crippen molar-refractivity contribution in [2.24, 2.45) is 5.92 Å². The van der Waals surface area contributed by atoms with Crippen molar-refractivity contribution in [1.29, 1.82) is 0 Å². The normalized spacial score (nSPS) is 11.6. The molecular formula is C27H32N6O4. The summed E-state index contributed by atoms with van der Waals surface area (Å²) in [7, 11) is 0. The molecule has 0 bridgehead atoms. The van der Waals surface area contributed by atoms with Gasteiger partial charge in [-0.15, -0.1) is 5.10 Å². The molecule has 4 aromatic rings. The number of rotatable bonds is 7. The number of hydrogen-bond acceptors (Lipinski definition) is 5. The van der Waals surface area contributed by atoms with Gasteiger partial charge in [-0.05, 0) is 63.4 Å². The fourth-order valence-electron chi connectivity index (χ4n) is 4.31. The largest absolute Gasteiger partial charge is 0.352 e. The summed E-state index contributed by atoms with van der Waals surface area (Å²) in [6.45, 7) is 11.5. The maximum atomic E-state index is 13.5. The topological polar surface area (TPSA) is 120 Å². The molecule has 0 fully saturated rings. The maximum absolute atomic E-state index is 13.5. The molecule has 10 heteroatoms. The monoisotopic (exact) mass is 504 g/mol. The number of carbonyl (C=O) groups excluding carboxylic acids is 2. The molecule has 0 saturated heterocycles. The molecule has 0 aliphatic carbocycles. The van der Waals surface area contributed by atoms with Gasteiger partial charge < -0.3 is 10.6 Å². The van der Waals surface area contributed by atoms with Crippen LogP contribution in [0.15, 0.2) is 46.0 Å². The quantitative estimate of drug-likeness (QED) is 0.401. The summed E-state index contributed by atoms with van der Waals surface area (Å²) < 4.78 is 3.79. The molecule has 0 aliphatic rings. The Morgan fingerprint density at radius 2 is 1.73 bits per heavy atom. The standard InChI is InChI=1S/C27H32N6O4/c1-15(2)13-31-25(36)20-9-8-19(24(35)28-16(3)4)12-22(20)33-26(31)30-32(27(33)37)14-23(34)29-21-10-7-17(5)11-18(21)6/h7-12,15-16H,13-14H2,1-6H3,(H,28,35)(H,29,34). The van der Waals surface area contributed by atoms with Gasteiger partial charge in [0.25, 0.3) is 11.5 Å². The van der Waals surface area contributed by atoms with Gasteiger partial charge in [-0.1, -0.05) is 31.5 Å². The first kappa shape index (κ1) is 25.9. The molecular weight excluding hydrogens is 472 g/mol. The number of benzene rings is 2. The second-order valence-electron chi connectivity index (χ2n) is 10.1. The van der Waals surface area contributed by atoms with Crippen molar-refractivity contribution in [1.82, 2.24) is 24.1 Å². The predicted molar refractivity (Wildman–Crippen MR) is 143 cm³/mol. The highest BCUT2D eigenvalue weighted by molar-refractivity contribution is 5.98. The third kappa shape index (κ3) is 5.18. The first-order chi connectivity index (χ1) is 17.5. The number of hydrogen-bond donors (Lipinski definition) is 2. The number of nitrogens with one attached hydrogen (secondary N) is 2. The minimum absolute atomic E-state index is 0.0802. The van der Waals surface area contributed by atoms with Crippen molar-refractivity contribution in [2.45, 2.75) is 60.7 Å². The van der Waals surface area contributed by atoms with Gasteiger partial charge in [0, 0.05) is 23.8 Å². The van der Waals surface area contributed by atoms with Crippen LogP contribution < -0.4 is 21.9 Å². The lowest BCUT2D eigenvalue weighted by atomic mass is 10.1. The van der Waals surface area contributed by atoms with E-state index in [-0.39, 0.29) is 46.7 Å². The van der Waals surface area contributed by atoms with Gasteiger partial charge in [-0.3, -0.25) is 19.0 Å². The Labute approximate surface area is 213 Å². The lowest BCUT2D eigenvalue weighted by molar-refractivity contribution is -0.117. The molecule has 37 heavy (non-hydrogen) atoms. The molecule has 4 rings (SSSR count). The maximum Gasteiger partial charge on any atom is 0.352 e. The first-order valence-electron chi connectivity index (χ1n) is 12.3. The molecule has 0 unspecified atom stereocenters. The van der Waals surface area contributed by atoms with E-state index in [2.05, 4.69) is 15.7 Å². The molecule has 10 nitrogen and oxygen atoms in total. The summed E-state index contributed by atoms with van der Waals surface area (Å²) >= 11 is 0. The minimum atomic E-state index is -0.574. The second kappa shape index (κ2) is 10.0. The van der Waals surface area contributed by atoms with Crippen molar-refractivity contribution in [3.8, 4) is 0 Å². The molecule has 2 heterocycles.